The first-order valence-electron chi connectivity index (χ1n) is 17.6. The Morgan fingerprint density at radius 1 is 0.898 bits per heavy atom. The smallest absolute Gasteiger partial charge is 0.162 e. The molecule has 0 aliphatic rings. The molecule has 0 saturated carbocycles. The molecule has 0 amide bonds. The van der Waals surface area contributed by atoms with Crippen molar-refractivity contribution in [2.24, 2.45) is 17.8 Å². The number of nitrogens with zero attached hydrogens (tertiary/aromatic N) is 2. The van der Waals surface area contributed by atoms with Gasteiger partial charge in [-0.05, 0) is 72.6 Å². The number of fused-ring (bicyclic) bond motifs is 2. The van der Waals surface area contributed by atoms with E-state index >= 15 is 0 Å². The number of thiophene rings is 1. The molecule has 4 nitrogen and oxygen atoms in total. The Morgan fingerprint density at radius 3 is 2.20 bits per heavy atom. The molecule has 2 aromatic carbocycles. The van der Waals surface area contributed by atoms with Gasteiger partial charge in [-0.1, -0.05) is 97.5 Å². The molecule has 49 heavy (non-hydrogen) atoms. The van der Waals surface area contributed by atoms with E-state index in [0.717, 1.165) is 60.0 Å². The molecule has 5 rings (SSSR count). The number of carbonyl (C=O) groups excluding carboxylic acids is 1. The number of aliphatic hydroxyl groups is 1. The number of allylic oxidation sites excluding steroid dienone is 2. The zero-order chi connectivity index (χ0) is 35.0. The third-order valence-corrected chi connectivity index (χ3v) is 9.99. The number of hydrogen-bond donors (Lipinski definition) is 1. The fraction of sp³-hybridized carbons (Fsp3) is 0.419. The summed E-state index contributed by atoms with van der Waals surface area (Å²) in [6.07, 6.45) is 7.78. The van der Waals surface area contributed by atoms with Crippen molar-refractivity contribution in [3.8, 4) is 22.5 Å². The monoisotopic (exact) mass is 854 g/mol. The van der Waals surface area contributed by atoms with Crippen LogP contribution in [-0.4, -0.2) is 20.9 Å². The van der Waals surface area contributed by atoms with Gasteiger partial charge in [-0.15, -0.1) is 40.5 Å². The molecule has 0 saturated heterocycles. The summed E-state index contributed by atoms with van der Waals surface area (Å²) < 4.78 is 1.29. The van der Waals surface area contributed by atoms with Crippen LogP contribution in [0.15, 0.2) is 78.0 Å². The Morgan fingerprint density at radius 2 is 1.57 bits per heavy atom. The molecule has 3 aromatic heterocycles. The molecule has 0 aliphatic heterocycles. The van der Waals surface area contributed by atoms with Gasteiger partial charge < -0.3 is 5.11 Å². The molecular formula is C43H53IrN2O2S-. The predicted molar refractivity (Wildman–Crippen MR) is 206 cm³/mol. The third-order valence-electron chi connectivity index (χ3n) is 9.13. The number of pyridine rings is 2. The number of hydrogen-bond acceptors (Lipinski definition) is 5. The van der Waals surface area contributed by atoms with Crippen molar-refractivity contribution in [3.63, 3.8) is 0 Å². The van der Waals surface area contributed by atoms with Gasteiger partial charge in [0.1, 0.15) is 0 Å². The molecule has 5 aromatic rings. The Kier molecular flexibility index (Phi) is 14.9. The normalized spacial score (nSPS) is 12.0. The standard InChI is InChI=1S/C30H29N2S.C13H24O2.Ir/c1-19(2)14-28-24-11-13-33-29(24)18-27(32-28)21-10-12-31-26(17-21)22-15-20-8-6-7-9-23(20)25(16-22)30(3,4)5;1-5-10(6-2)12(14)9-13(15)11(7-3)8-4;/h6-13,16-19H,14H2,1-5H3;9-11,14H,5-8H2,1-4H3;/q-1;;/b;12-9-;. The average molecular weight is 854 g/mol. The molecule has 1 N–H and O–H groups in total. The van der Waals surface area contributed by atoms with Crippen LogP contribution < -0.4 is 0 Å². The molecule has 6 heteroatoms. The fourth-order valence-electron chi connectivity index (χ4n) is 6.23. The minimum absolute atomic E-state index is 0. The second-order valence-electron chi connectivity index (χ2n) is 14.2. The van der Waals surface area contributed by atoms with Crippen molar-refractivity contribution >= 4 is 38.0 Å². The first-order chi connectivity index (χ1) is 22.9. The van der Waals surface area contributed by atoms with Gasteiger partial charge in [0.2, 0.25) is 0 Å². The number of benzene rings is 2. The molecule has 0 bridgehead atoms. The number of carbonyl (C=O) groups is 1. The van der Waals surface area contributed by atoms with Gasteiger partial charge in [0.25, 0.3) is 0 Å². The van der Waals surface area contributed by atoms with Crippen LogP contribution in [0.4, 0.5) is 0 Å². The molecule has 0 unspecified atom stereocenters. The first-order valence-corrected chi connectivity index (χ1v) is 18.5. The number of rotatable bonds is 11. The quantitative estimate of drug-likeness (QED) is 0.0817. The molecule has 0 atom stereocenters. The van der Waals surface area contributed by atoms with Crippen molar-refractivity contribution < 1.29 is 30.0 Å². The van der Waals surface area contributed by atoms with E-state index in [2.05, 4.69) is 101 Å². The van der Waals surface area contributed by atoms with E-state index in [1.165, 1.54) is 32.8 Å². The molecule has 0 fully saturated rings. The van der Waals surface area contributed by atoms with E-state index in [-0.39, 0.29) is 48.9 Å². The zero-order valence-corrected chi connectivity index (χ0v) is 33.9. The Hall–Kier alpha value is -3.18. The topological polar surface area (TPSA) is 63.1 Å². The van der Waals surface area contributed by atoms with E-state index < -0.39 is 0 Å². The van der Waals surface area contributed by atoms with E-state index in [0.29, 0.717) is 5.92 Å². The minimum Gasteiger partial charge on any atom is -0.512 e. The fourth-order valence-corrected chi connectivity index (χ4v) is 7.07. The maximum absolute atomic E-state index is 11.7. The summed E-state index contributed by atoms with van der Waals surface area (Å²) in [5.41, 5.74) is 6.60. The molecule has 0 spiro atoms. The SMILES string of the molecule is CC(C)Cc1nc(-c2ccnc(-c3[c-]c4ccccc4c(C(C)(C)C)c3)c2)cc2sccc12.CCC(CC)C(=O)/C=C(\O)C(CC)CC.[Ir]. The molecule has 0 aliphatic carbocycles. The maximum Gasteiger partial charge on any atom is 0.162 e. The number of aliphatic hydroxyl groups excluding tert-OH is 1. The largest absolute Gasteiger partial charge is 0.512 e. The molecule has 1 radical (unpaired) electrons. The third kappa shape index (κ3) is 10.2. The van der Waals surface area contributed by atoms with E-state index in [1.807, 2.05) is 33.9 Å². The van der Waals surface area contributed by atoms with Crippen molar-refractivity contribution in [1.29, 1.82) is 0 Å². The first kappa shape index (κ1) is 40.3. The van der Waals surface area contributed by atoms with Gasteiger partial charge in [0, 0.05) is 65.7 Å². The van der Waals surface area contributed by atoms with Crippen LogP contribution in [0.5, 0.6) is 0 Å². The average Bonchev–Trinajstić information content (AvgIpc) is 3.54. The predicted octanol–water partition coefficient (Wildman–Crippen LogP) is 12.3. The van der Waals surface area contributed by atoms with Gasteiger partial charge in [0.05, 0.1) is 11.5 Å². The van der Waals surface area contributed by atoms with Crippen LogP contribution in [-0.2, 0) is 36.7 Å². The molecule has 263 valence electrons. The van der Waals surface area contributed by atoms with E-state index in [9.17, 15) is 9.90 Å². The number of ketones is 1. The second kappa shape index (κ2) is 18.2. The summed E-state index contributed by atoms with van der Waals surface area (Å²) >= 11 is 1.78. The van der Waals surface area contributed by atoms with Crippen molar-refractivity contribution in [2.75, 3.05) is 0 Å². The Labute approximate surface area is 311 Å². The molecular weight excluding hydrogens is 801 g/mol. The van der Waals surface area contributed by atoms with Gasteiger partial charge in [-0.3, -0.25) is 14.8 Å². The van der Waals surface area contributed by atoms with Crippen molar-refractivity contribution in [1.82, 2.24) is 9.97 Å². The van der Waals surface area contributed by atoms with Crippen LogP contribution in [0.1, 0.15) is 99.3 Å². The molecule has 3 heterocycles. The van der Waals surface area contributed by atoms with Crippen molar-refractivity contribution in [3.05, 3.63) is 95.3 Å². The van der Waals surface area contributed by atoms with Gasteiger partial charge in [0.15, 0.2) is 5.78 Å². The van der Waals surface area contributed by atoms with Crippen LogP contribution >= 0.6 is 11.3 Å². The second-order valence-corrected chi connectivity index (χ2v) is 15.2. The van der Waals surface area contributed by atoms with Crippen LogP contribution in [0, 0.1) is 23.8 Å². The van der Waals surface area contributed by atoms with E-state index in [1.54, 1.807) is 11.3 Å². The van der Waals surface area contributed by atoms with Crippen LogP contribution in [0.2, 0.25) is 0 Å². The van der Waals surface area contributed by atoms with Crippen LogP contribution in [0.25, 0.3) is 43.4 Å². The summed E-state index contributed by atoms with van der Waals surface area (Å²) in [6, 6.07) is 23.0. The summed E-state index contributed by atoms with van der Waals surface area (Å²) in [7, 11) is 0. The minimum atomic E-state index is 0. The Balaban J connectivity index is 0.000000347. The van der Waals surface area contributed by atoms with Crippen molar-refractivity contribution in [2.45, 2.75) is 99.8 Å². The summed E-state index contributed by atoms with van der Waals surface area (Å²) in [5.74, 6) is 1.11. The van der Waals surface area contributed by atoms with Gasteiger partial charge >= 0.3 is 0 Å². The Bertz CT molecular complexity index is 1860. The maximum atomic E-state index is 11.7. The van der Waals surface area contributed by atoms with Crippen LogP contribution in [0.3, 0.4) is 0 Å². The summed E-state index contributed by atoms with van der Waals surface area (Å²) in [5, 5.41) is 15.6. The zero-order valence-electron chi connectivity index (χ0n) is 30.7. The number of aromatic nitrogens is 2. The summed E-state index contributed by atoms with van der Waals surface area (Å²) in [4.78, 5) is 21.5. The summed E-state index contributed by atoms with van der Waals surface area (Å²) in [6.45, 7) is 19.4. The van der Waals surface area contributed by atoms with Gasteiger partial charge in [-0.25, -0.2) is 0 Å². The van der Waals surface area contributed by atoms with Gasteiger partial charge in [-0.2, -0.15) is 0 Å². The van der Waals surface area contributed by atoms with E-state index in [4.69, 9.17) is 9.97 Å².